The third-order valence-electron chi connectivity index (χ3n) is 4.96. The van der Waals surface area contributed by atoms with Crippen LogP contribution in [0.25, 0.3) is 0 Å². The first-order chi connectivity index (χ1) is 12.7. The predicted molar refractivity (Wildman–Crippen MR) is 103 cm³/mol. The molecule has 1 fully saturated rings. The monoisotopic (exact) mass is 388 g/mol. The SMILES string of the molecule is COC(=O)C(C)(CCc1ccc(C#CC#C[C@H]2CC2CO)cc1)S(C)(=O)=O. The quantitative estimate of drug-likeness (QED) is 0.591. The number of aliphatic hydroxyl groups excluding tert-OH is 1. The van der Waals surface area contributed by atoms with E-state index in [2.05, 4.69) is 28.4 Å². The molecule has 1 saturated carbocycles. The maximum atomic E-state index is 12.0. The number of hydrogen-bond donors (Lipinski definition) is 1. The number of ether oxygens (including phenoxy) is 1. The Hall–Kier alpha value is -2.28. The molecule has 0 amide bonds. The van der Waals surface area contributed by atoms with Crippen LogP contribution in [0.3, 0.4) is 0 Å². The number of carbonyl (C=O) groups is 1. The van der Waals surface area contributed by atoms with Crippen LogP contribution in [0.1, 0.15) is 30.9 Å². The van der Waals surface area contributed by atoms with Gasteiger partial charge >= 0.3 is 5.97 Å². The molecule has 0 radical (unpaired) electrons. The first kappa shape index (κ1) is 21.0. The number of esters is 1. The van der Waals surface area contributed by atoms with E-state index >= 15 is 0 Å². The lowest BCUT2D eigenvalue weighted by molar-refractivity contribution is -0.143. The van der Waals surface area contributed by atoms with E-state index in [1.165, 1.54) is 14.0 Å². The lowest BCUT2D eigenvalue weighted by Crippen LogP contribution is -2.44. The van der Waals surface area contributed by atoms with Gasteiger partial charge in [0.25, 0.3) is 0 Å². The van der Waals surface area contributed by atoms with E-state index < -0.39 is 20.6 Å². The molecule has 1 aromatic rings. The van der Waals surface area contributed by atoms with Crippen LogP contribution in [0.4, 0.5) is 0 Å². The molecule has 1 N–H and O–H groups in total. The normalized spacial score (nSPS) is 20.3. The molecular weight excluding hydrogens is 364 g/mol. The molecule has 0 bridgehead atoms. The minimum atomic E-state index is -3.60. The van der Waals surface area contributed by atoms with Crippen molar-refractivity contribution in [2.75, 3.05) is 20.0 Å². The molecule has 144 valence electrons. The van der Waals surface area contributed by atoms with E-state index in [1.54, 1.807) is 0 Å². The highest BCUT2D eigenvalue weighted by atomic mass is 32.2. The maximum Gasteiger partial charge on any atom is 0.326 e. The van der Waals surface area contributed by atoms with Gasteiger partial charge in [-0.05, 0) is 61.6 Å². The van der Waals surface area contributed by atoms with Crippen molar-refractivity contribution < 1.29 is 23.1 Å². The number of hydrogen-bond acceptors (Lipinski definition) is 5. The average Bonchev–Trinajstić information content (AvgIpc) is 3.41. The second-order valence-corrected chi connectivity index (χ2v) is 9.44. The third-order valence-corrected chi connectivity index (χ3v) is 6.97. The number of aryl methyl sites for hydroxylation is 1. The van der Waals surface area contributed by atoms with Crippen molar-refractivity contribution in [1.82, 2.24) is 0 Å². The summed E-state index contributed by atoms with van der Waals surface area (Å²) in [4.78, 5) is 11.9. The summed E-state index contributed by atoms with van der Waals surface area (Å²) in [5.74, 6) is 11.4. The van der Waals surface area contributed by atoms with Crippen LogP contribution in [-0.4, -0.2) is 44.2 Å². The summed E-state index contributed by atoms with van der Waals surface area (Å²) in [6, 6.07) is 7.40. The Labute approximate surface area is 161 Å². The average molecular weight is 388 g/mol. The van der Waals surface area contributed by atoms with Crippen LogP contribution in [0.15, 0.2) is 24.3 Å². The molecule has 0 spiro atoms. The highest BCUT2D eigenvalue weighted by Gasteiger charge is 2.44. The minimum Gasteiger partial charge on any atom is -0.468 e. The molecule has 1 aliphatic carbocycles. The summed E-state index contributed by atoms with van der Waals surface area (Å²) < 4.78 is 27.2. The fraction of sp³-hybridized carbons (Fsp3) is 0.476. The topological polar surface area (TPSA) is 80.7 Å². The molecule has 27 heavy (non-hydrogen) atoms. The van der Waals surface area contributed by atoms with Gasteiger partial charge in [0.1, 0.15) is 0 Å². The van der Waals surface area contributed by atoms with Crippen molar-refractivity contribution in [2.24, 2.45) is 11.8 Å². The fourth-order valence-electron chi connectivity index (χ4n) is 2.65. The second-order valence-electron chi connectivity index (χ2n) is 7.00. The number of carbonyl (C=O) groups excluding carboxylic acids is 1. The van der Waals surface area contributed by atoms with E-state index in [0.29, 0.717) is 12.3 Å². The Morgan fingerprint density at radius 2 is 1.96 bits per heavy atom. The molecule has 6 heteroatoms. The van der Waals surface area contributed by atoms with Gasteiger partial charge in [-0.1, -0.05) is 24.0 Å². The molecule has 3 atom stereocenters. The molecule has 2 rings (SSSR count). The van der Waals surface area contributed by atoms with Gasteiger partial charge in [-0.2, -0.15) is 0 Å². The molecule has 1 aliphatic rings. The van der Waals surface area contributed by atoms with Crippen LogP contribution < -0.4 is 0 Å². The number of benzene rings is 1. The van der Waals surface area contributed by atoms with Crippen molar-refractivity contribution in [3.8, 4) is 23.7 Å². The molecule has 1 aromatic carbocycles. The van der Waals surface area contributed by atoms with Gasteiger partial charge < -0.3 is 9.84 Å². The molecule has 0 heterocycles. The van der Waals surface area contributed by atoms with Gasteiger partial charge in [-0.3, -0.25) is 4.79 Å². The first-order valence-electron chi connectivity index (χ1n) is 8.70. The largest absolute Gasteiger partial charge is 0.468 e. The van der Waals surface area contributed by atoms with Crippen LogP contribution >= 0.6 is 0 Å². The van der Waals surface area contributed by atoms with E-state index in [0.717, 1.165) is 23.8 Å². The summed E-state index contributed by atoms with van der Waals surface area (Å²) in [5, 5.41) is 8.96. The molecule has 0 aromatic heterocycles. The highest BCUT2D eigenvalue weighted by Crippen LogP contribution is 2.36. The van der Waals surface area contributed by atoms with Gasteiger partial charge in [-0.25, -0.2) is 8.42 Å². The van der Waals surface area contributed by atoms with Crippen molar-refractivity contribution in [1.29, 1.82) is 0 Å². The maximum absolute atomic E-state index is 12.0. The first-order valence-corrected chi connectivity index (χ1v) is 10.6. The van der Waals surface area contributed by atoms with Gasteiger partial charge in [0, 0.05) is 24.3 Å². The van der Waals surface area contributed by atoms with Crippen molar-refractivity contribution in [3.63, 3.8) is 0 Å². The summed E-state index contributed by atoms with van der Waals surface area (Å²) >= 11 is 0. The summed E-state index contributed by atoms with van der Waals surface area (Å²) in [5.41, 5.74) is 1.72. The Morgan fingerprint density at radius 3 is 2.48 bits per heavy atom. The van der Waals surface area contributed by atoms with E-state index in [9.17, 15) is 13.2 Å². The predicted octanol–water partition coefficient (Wildman–Crippen LogP) is 1.58. The Kier molecular flexibility index (Phi) is 6.70. The molecule has 2 unspecified atom stereocenters. The van der Waals surface area contributed by atoms with Crippen LogP contribution in [0.5, 0.6) is 0 Å². The van der Waals surface area contributed by atoms with Crippen molar-refractivity contribution in [2.45, 2.75) is 30.9 Å². The number of methoxy groups -OCH3 is 1. The summed E-state index contributed by atoms with van der Waals surface area (Å²) in [6.07, 6.45) is 2.56. The molecule has 0 saturated heterocycles. The van der Waals surface area contributed by atoms with Crippen molar-refractivity contribution in [3.05, 3.63) is 35.4 Å². The zero-order chi connectivity index (χ0) is 20.1. The molecule has 5 nitrogen and oxygen atoms in total. The van der Waals surface area contributed by atoms with Gasteiger partial charge in [0.2, 0.25) is 0 Å². The number of aliphatic hydroxyl groups is 1. The highest BCUT2D eigenvalue weighted by molar-refractivity contribution is 7.92. The fourth-order valence-corrected chi connectivity index (χ4v) is 3.51. The molecular formula is C21H24O5S. The second kappa shape index (κ2) is 8.61. The number of sulfone groups is 1. The third kappa shape index (κ3) is 5.35. The van der Waals surface area contributed by atoms with Gasteiger partial charge in [0.05, 0.1) is 7.11 Å². The smallest absolute Gasteiger partial charge is 0.326 e. The van der Waals surface area contributed by atoms with E-state index in [1.807, 2.05) is 24.3 Å². The minimum absolute atomic E-state index is 0.141. The standard InChI is InChI=1S/C21H24O5S/c1-21(20(23)26-2,27(3,24)25)13-12-17-10-8-16(9-11-17)6-4-5-7-18-14-19(18)15-22/h8-11,18-19,22H,12-15H2,1-3H3/t18-,19?,21?/m0/s1. The summed E-state index contributed by atoms with van der Waals surface area (Å²) in [7, 11) is -2.41. The lowest BCUT2D eigenvalue weighted by Gasteiger charge is -2.24. The Balaban J connectivity index is 1.98. The van der Waals surface area contributed by atoms with E-state index in [4.69, 9.17) is 5.11 Å². The van der Waals surface area contributed by atoms with Gasteiger partial charge in [0.15, 0.2) is 14.6 Å². The Morgan fingerprint density at radius 1 is 1.30 bits per heavy atom. The van der Waals surface area contributed by atoms with Crippen molar-refractivity contribution >= 4 is 15.8 Å². The molecule has 0 aliphatic heterocycles. The van der Waals surface area contributed by atoms with Crippen LogP contribution in [-0.2, 0) is 25.8 Å². The van der Waals surface area contributed by atoms with E-state index in [-0.39, 0.29) is 18.9 Å². The zero-order valence-electron chi connectivity index (χ0n) is 15.8. The van der Waals surface area contributed by atoms with Gasteiger partial charge in [-0.15, -0.1) is 0 Å². The Bertz CT molecular complexity index is 909. The van der Waals surface area contributed by atoms with Crippen LogP contribution in [0.2, 0.25) is 0 Å². The van der Waals surface area contributed by atoms with Crippen LogP contribution in [0, 0.1) is 35.5 Å². The lowest BCUT2D eigenvalue weighted by atomic mass is 9.99. The number of rotatable bonds is 6. The summed E-state index contributed by atoms with van der Waals surface area (Å²) in [6.45, 7) is 1.58. The zero-order valence-corrected chi connectivity index (χ0v) is 16.6.